The van der Waals surface area contributed by atoms with Gasteiger partial charge in [-0.25, -0.2) is 4.39 Å². The number of ketones is 2. The zero-order chi connectivity index (χ0) is 31.0. The SMILES string of the molecule is CC12CC3CN(c4ccc(COc5ccc(Cl)cc5)cc4)OC3(C(=O)CO)C1(C)CC(O)C1C3C=CC(=O)C=C3C(F)CC12. The highest BCUT2D eigenvalue weighted by Crippen LogP contribution is 2.74. The number of hydroxylamine groups is 1. The molecule has 2 aromatic rings. The van der Waals surface area contributed by atoms with Gasteiger partial charge in [0, 0.05) is 22.3 Å². The van der Waals surface area contributed by atoms with Crippen molar-refractivity contribution in [2.45, 2.75) is 57.6 Å². The summed E-state index contributed by atoms with van der Waals surface area (Å²) < 4.78 is 21.6. The van der Waals surface area contributed by atoms with Gasteiger partial charge in [0.2, 0.25) is 0 Å². The standard InChI is InChI=1S/C35H37ClFNO6/c1-33-15-21-17-38(23-7-3-20(4-8-23)19-43-25-10-5-22(36)6-11-25)44-35(21,31(42)18-39)34(33,2)16-30(41)32-26-12-9-24(40)13-27(26)29(37)14-28(32)33/h3-13,21,26,28-30,32,39,41H,14-19H2,1-2H3. The fourth-order valence-corrected chi connectivity index (χ4v) is 9.71. The van der Waals surface area contributed by atoms with Crippen molar-refractivity contribution in [1.29, 1.82) is 0 Å². The zero-order valence-corrected chi connectivity index (χ0v) is 25.5. The van der Waals surface area contributed by atoms with E-state index in [9.17, 15) is 19.8 Å². The number of carbonyl (C=O) groups is 2. The predicted molar refractivity (Wildman–Crippen MR) is 163 cm³/mol. The second-order valence-corrected chi connectivity index (χ2v) is 14.1. The minimum absolute atomic E-state index is 0.177. The Labute approximate surface area is 261 Å². The van der Waals surface area contributed by atoms with Crippen LogP contribution in [0.2, 0.25) is 5.02 Å². The van der Waals surface area contributed by atoms with Gasteiger partial charge in [0.05, 0.1) is 18.3 Å². The number of aliphatic hydroxyl groups is 2. The molecule has 9 heteroatoms. The van der Waals surface area contributed by atoms with E-state index in [1.165, 1.54) is 12.2 Å². The quantitative estimate of drug-likeness (QED) is 0.444. The van der Waals surface area contributed by atoms with E-state index in [-0.39, 0.29) is 42.3 Å². The Morgan fingerprint density at radius 3 is 2.57 bits per heavy atom. The number of anilines is 1. The second-order valence-electron chi connectivity index (χ2n) is 13.6. The van der Waals surface area contributed by atoms with Gasteiger partial charge in [0.25, 0.3) is 0 Å². The van der Waals surface area contributed by atoms with Crippen LogP contribution in [0.5, 0.6) is 5.75 Å². The molecular formula is C35H37ClFNO6. The molecule has 0 aromatic heterocycles. The number of benzene rings is 2. The van der Waals surface area contributed by atoms with E-state index >= 15 is 4.39 Å². The molecule has 1 aliphatic heterocycles. The van der Waals surface area contributed by atoms with E-state index in [4.69, 9.17) is 21.2 Å². The molecule has 232 valence electrons. The predicted octanol–water partition coefficient (Wildman–Crippen LogP) is 5.42. The lowest BCUT2D eigenvalue weighted by atomic mass is 9.43. The van der Waals surface area contributed by atoms with Crippen molar-refractivity contribution in [2.75, 3.05) is 18.2 Å². The number of hydrogen-bond acceptors (Lipinski definition) is 7. The maximum Gasteiger partial charge on any atom is 0.193 e. The van der Waals surface area contributed by atoms with Crippen LogP contribution in [0.1, 0.15) is 38.7 Å². The molecule has 7 rings (SSSR count). The molecule has 4 fully saturated rings. The highest BCUT2D eigenvalue weighted by molar-refractivity contribution is 6.30. The summed E-state index contributed by atoms with van der Waals surface area (Å²) in [6, 6.07) is 14.9. The molecule has 7 nitrogen and oxygen atoms in total. The zero-order valence-electron chi connectivity index (χ0n) is 24.8. The van der Waals surface area contributed by atoms with Crippen molar-refractivity contribution in [3.63, 3.8) is 0 Å². The number of nitrogens with zero attached hydrogens (tertiary/aromatic N) is 1. The number of alkyl halides is 1. The molecule has 1 heterocycles. The van der Waals surface area contributed by atoms with Gasteiger partial charge in [-0.1, -0.05) is 43.7 Å². The number of ether oxygens (including phenoxy) is 1. The lowest BCUT2D eigenvalue weighted by Crippen LogP contribution is -2.66. The molecule has 2 N–H and O–H groups in total. The molecule has 0 spiro atoms. The van der Waals surface area contributed by atoms with Crippen LogP contribution in [-0.4, -0.2) is 52.8 Å². The number of allylic oxidation sites excluding steroid dienone is 4. The minimum atomic E-state index is -1.38. The van der Waals surface area contributed by atoms with Gasteiger partial charge in [0.15, 0.2) is 17.2 Å². The summed E-state index contributed by atoms with van der Waals surface area (Å²) in [5.74, 6) is -1.06. The molecule has 9 atom stereocenters. The average Bonchev–Trinajstić information content (AvgIpc) is 3.48. The van der Waals surface area contributed by atoms with Crippen LogP contribution >= 0.6 is 11.6 Å². The van der Waals surface area contributed by atoms with E-state index in [2.05, 4.69) is 6.92 Å². The molecule has 0 radical (unpaired) electrons. The summed E-state index contributed by atoms with van der Waals surface area (Å²) >= 11 is 5.96. The first-order chi connectivity index (χ1) is 21.0. The van der Waals surface area contributed by atoms with Gasteiger partial charge in [-0.05, 0) is 96.2 Å². The highest BCUT2D eigenvalue weighted by atomic mass is 35.5. The summed E-state index contributed by atoms with van der Waals surface area (Å²) in [5.41, 5.74) is -0.621. The Morgan fingerprint density at radius 2 is 1.86 bits per heavy atom. The molecule has 9 unspecified atom stereocenters. The second kappa shape index (κ2) is 10.5. The van der Waals surface area contributed by atoms with Gasteiger partial charge in [-0.3, -0.25) is 19.5 Å². The van der Waals surface area contributed by atoms with E-state index in [0.717, 1.165) is 11.3 Å². The molecular weight excluding hydrogens is 585 g/mol. The molecule has 0 amide bonds. The number of aliphatic hydroxyl groups excluding tert-OH is 2. The van der Waals surface area contributed by atoms with Gasteiger partial charge in [-0.2, -0.15) is 0 Å². The van der Waals surface area contributed by atoms with Crippen LogP contribution in [0.4, 0.5) is 10.1 Å². The number of rotatable bonds is 6. The van der Waals surface area contributed by atoms with E-state index in [1.807, 2.05) is 43.3 Å². The summed E-state index contributed by atoms with van der Waals surface area (Å²) in [7, 11) is 0. The van der Waals surface area contributed by atoms with E-state index in [0.29, 0.717) is 35.9 Å². The Kier molecular flexibility index (Phi) is 7.09. The maximum atomic E-state index is 15.7. The first-order valence-corrected chi connectivity index (χ1v) is 15.7. The van der Waals surface area contributed by atoms with E-state index < -0.39 is 41.1 Å². The van der Waals surface area contributed by atoms with Crippen LogP contribution < -0.4 is 9.80 Å². The largest absolute Gasteiger partial charge is 0.489 e. The van der Waals surface area contributed by atoms with Gasteiger partial charge in [-0.15, -0.1) is 0 Å². The number of hydrogen-bond donors (Lipinski definition) is 2. The number of Topliss-reactive ketones (excluding diaryl/α,β-unsaturated/α-hetero) is 1. The van der Waals surface area contributed by atoms with Crippen molar-refractivity contribution in [1.82, 2.24) is 0 Å². The van der Waals surface area contributed by atoms with Crippen molar-refractivity contribution in [3.05, 3.63) is 82.9 Å². The van der Waals surface area contributed by atoms with Crippen LogP contribution in [0.25, 0.3) is 0 Å². The fourth-order valence-electron chi connectivity index (χ4n) is 9.58. The molecule has 4 aliphatic carbocycles. The molecule has 44 heavy (non-hydrogen) atoms. The monoisotopic (exact) mass is 621 g/mol. The van der Waals surface area contributed by atoms with Crippen LogP contribution in [0, 0.1) is 34.5 Å². The molecule has 5 aliphatic rings. The Balaban J connectivity index is 1.16. The van der Waals surface area contributed by atoms with Crippen LogP contribution in [-0.2, 0) is 21.0 Å². The van der Waals surface area contributed by atoms with Gasteiger partial charge >= 0.3 is 0 Å². The van der Waals surface area contributed by atoms with Crippen LogP contribution in [0.15, 0.2) is 72.3 Å². The number of carbonyl (C=O) groups excluding carboxylic acids is 2. The van der Waals surface area contributed by atoms with Crippen molar-refractivity contribution in [3.8, 4) is 5.75 Å². The third-order valence-corrected chi connectivity index (χ3v) is 12.0. The van der Waals surface area contributed by atoms with Crippen molar-refractivity contribution >= 4 is 28.9 Å². The first kappa shape index (κ1) is 29.7. The van der Waals surface area contributed by atoms with Gasteiger partial charge in [0.1, 0.15) is 25.1 Å². The third kappa shape index (κ3) is 4.17. The summed E-state index contributed by atoms with van der Waals surface area (Å²) in [5, 5.41) is 24.4. The van der Waals surface area contributed by atoms with Gasteiger partial charge < -0.3 is 14.9 Å². The molecule has 1 saturated heterocycles. The van der Waals surface area contributed by atoms with Crippen LogP contribution in [0.3, 0.4) is 0 Å². The summed E-state index contributed by atoms with van der Waals surface area (Å²) in [6.07, 6.45) is 3.52. The molecule has 2 aromatic carbocycles. The lowest BCUT2D eigenvalue weighted by molar-refractivity contribution is -0.210. The summed E-state index contributed by atoms with van der Waals surface area (Å²) in [6.45, 7) is 4.20. The smallest absolute Gasteiger partial charge is 0.193 e. The topological polar surface area (TPSA) is 96.3 Å². The minimum Gasteiger partial charge on any atom is -0.489 e. The van der Waals surface area contributed by atoms with Crippen molar-refractivity contribution in [2.24, 2.45) is 34.5 Å². The average molecular weight is 622 g/mol. The number of fused-ring (bicyclic) bond motifs is 7. The fraction of sp³-hybridized carbons (Fsp3) is 0.486. The number of halogens is 2. The third-order valence-electron chi connectivity index (χ3n) is 11.7. The Morgan fingerprint density at radius 1 is 1.14 bits per heavy atom. The van der Waals surface area contributed by atoms with E-state index in [1.54, 1.807) is 23.3 Å². The Bertz CT molecular complexity index is 1540. The van der Waals surface area contributed by atoms with Crippen molar-refractivity contribution < 1.29 is 33.8 Å². The first-order valence-electron chi connectivity index (χ1n) is 15.3. The lowest BCUT2D eigenvalue weighted by Gasteiger charge is -2.62. The molecule has 0 bridgehead atoms. The highest BCUT2D eigenvalue weighted by Gasteiger charge is 2.79. The summed E-state index contributed by atoms with van der Waals surface area (Å²) in [4.78, 5) is 32.6. The normalized spacial score (nSPS) is 38.8. The molecule has 3 saturated carbocycles. The maximum absolute atomic E-state index is 15.7. The Hall–Kier alpha value is -3.04.